The Balaban J connectivity index is 3.19. The second-order valence-corrected chi connectivity index (χ2v) is 2.47. The van der Waals surface area contributed by atoms with Crippen molar-refractivity contribution in [3.8, 4) is 0 Å². The van der Waals surface area contributed by atoms with Crippen molar-refractivity contribution in [3.63, 3.8) is 0 Å². The third-order valence-electron chi connectivity index (χ3n) is 1.19. The summed E-state index contributed by atoms with van der Waals surface area (Å²) in [6.45, 7) is 0. The Morgan fingerprint density at radius 1 is 1.42 bits per heavy atom. The van der Waals surface area contributed by atoms with Gasteiger partial charge in [0.2, 0.25) is 0 Å². The average molecular weight is 198 g/mol. The van der Waals surface area contributed by atoms with Gasteiger partial charge >= 0.3 is 6.18 Å². The minimum atomic E-state index is -4.51. The molecular formula is C6H3ClF3NO. The van der Waals surface area contributed by atoms with Crippen LogP contribution >= 0.6 is 11.6 Å². The molecule has 0 aliphatic rings. The lowest BCUT2D eigenvalue weighted by molar-refractivity contribution is -0.605. The predicted molar refractivity (Wildman–Crippen MR) is 35.4 cm³/mol. The van der Waals surface area contributed by atoms with Crippen molar-refractivity contribution in [2.45, 2.75) is 6.18 Å². The molecule has 0 spiro atoms. The van der Waals surface area contributed by atoms with Crippen molar-refractivity contribution in [1.82, 2.24) is 0 Å². The third-order valence-corrected chi connectivity index (χ3v) is 1.49. The molecule has 0 atom stereocenters. The van der Waals surface area contributed by atoms with Crippen LogP contribution in [-0.4, -0.2) is 0 Å². The number of pyridine rings is 1. The standard InChI is InChI=1S/C6H3ClF3NO/c7-5-3-11(12)2-1-4(5)6(8,9)10/h1-3H. The quantitative estimate of drug-likeness (QED) is 0.462. The highest BCUT2D eigenvalue weighted by molar-refractivity contribution is 6.31. The van der Waals surface area contributed by atoms with Crippen LogP contribution in [0.5, 0.6) is 0 Å². The summed E-state index contributed by atoms with van der Waals surface area (Å²) in [7, 11) is 0. The summed E-state index contributed by atoms with van der Waals surface area (Å²) >= 11 is 5.17. The van der Waals surface area contributed by atoms with Gasteiger partial charge in [-0.05, 0) is 0 Å². The van der Waals surface area contributed by atoms with Gasteiger partial charge in [-0.25, -0.2) is 0 Å². The first-order chi connectivity index (χ1) is 5.41. The van der Waals surface area contributed by atoms with Crippen LogP contribution < -0.4 is 4.73 Å². The number of hydrogen-bond acceptors (Lipinski definition) is 1. The zero-order chi connectivity index (χ0) is 9.35. The van der Waals surface area contributed by atoms with Crippen molar-refractivity contribution in [2.75, 3.05) is 0 Å². The van der Waals surface area contributed by atoms with Gasteiger partial charge in [-0.1, -0.05) is 11.6 Å². The summed E-state index contributed by atoms with van der Waals surface area (Å²) in [6.07, 6.45) is -3.11. The Kier molecular flexibility index (Phi) is 2.14. The van der Waals surface area contributed by atoms with Crippen molar-refractivity contribution >= 4 is 11.6 Å². The Labute approximate surface area is 70.8 Å². The molecule has 0 amide bonds. The zero-order valence-electron chi connectivity index (χ0n) is 5.60. The normalized spacial score (nSPS) is 11.7. The maximum absolute atomic E-state index is 12.0. The molecule has 2 nitrogen and oxygen atoms in total. The van der Waals surface area contributed by atoms with E-state index in [-0.39, 0.29) is 4.73 Å². The molecule has 0 unspecified atom stereocenters. The first kappa shape index (κ1) is 9.12. The monoisotopic (exact) mass is 197 g/mol. The fourth-order valence-electron chi connectivity index (χ4n) is 0.682. The van der Waals surface area contributed by atoms with Gasteiger partial charge in [0.05, 0.1) is 5.56 Å². The van der Waals surface area contributed by atoms with Gasteiger partial charge < -0.3 is 5.21 Å². The maximum Gasteiger partial charge on any atom is 0.418 e. The van der Waals surface area contributed by atoms with Gasteiger partial charge in [-0.15, -0.1) is 0 Å². The van der Waals surface area contributed by atoms with Crippen LogP contribution in [-0.2, 0) is 6.18 Å². The van der Waals surface area contributed by atoms with E-state index in [0.717, 1.165) is 6.20 Å². The highest BCUT2D eigenvalue weighted by Crippen LogP contribution is 2.33. The predicted octanol–water partition coefficient (Wildman–Crippen LogP) is 1.99. The van der Waals surface area contributed by atoms with E-state index >= 15 is 0 Å². The van der Waals surface area contributed by atoms with E-state index in [9.17, 15) is 18.4 Å². The second kappa shape index (κ2) is 2.82. The molecule has 0 fully saturated rings. The van der Waals surface area contributed by atoms with Gasteiger partial charge in [0.1, 0.15) is 5.02 Å². The molecule has 1 aromatic rings. The van der Waals surface area contributed by atoms with Crippen LogP contribution in [0.4, 0.5) is 13.2 Å². The Morgan fingerprint density at radius 3 is 2.42 bits per heavy atom. The van der Waals surface area contributed by atoms with Gasteiger partial charge in [-0.2, -0.15) is 17.9 Å². The number of nitrogens with zero attached hydrogens (tertiary/aromatic N) is 1. The molecule has 1 rings (SSSR count). The molecule has 0 saturated heterocycles. The number of hydrogen-bond donors (Lipinski definition) is 0. The Morgan fingerprint density at radius 2 is 2.00 bits per heavy atom. The van der Waals surface area contributed by atoms with Gasteiger partial charge in [0.25, 0.3) is 0 Å². The molecule has 6 heteroatoms. The molecule has 66 valence electrons. The summed E-state index contributed by atoms with van der Waals surface area (Å²) in [5.41, 5.74) is -1.00. The van der Waals surface area contributed by atoms with E-state index in [0.29, 0.717) is 12.3 Å². The van der Waals surface area contributed by atoms with E-state index in [1.165, 1.54) is 0 Å². The Bertz CT molecular complexity index is 299. The molecule has 0 aliphatic heterocycles. The van der Waals surface area contributed by atoms with Crippen LogP contribution in [0.3, 0.4) is 0 Å². The molecule has 1 aromatic heterocycles. The molecule has 0 bridgehead atoms. The number of halogens is 4. The minimum Gasteiger partial charge on any atom is -0.619 e. The second-order valence-electron chi connectivity index (χ2n) is 2.06. The fourth-order valence-corrected chi connectivity index (χ4v) is 0.948. The van der Waals surface area contributed by atoms with E-state index in [4.69, 9.17) is 11.6 Å². The largest absolute Gasteiger partial charge is 0.619 e. The van der Waals surface area contributed by atoms with E-state index in [2.05, 4.69) is 0 Å². The van der Waals surface area contributed by atoms with Crippen LogP contribution in [0.2, 0.25) is 5.02 Å². The first-order valence-corrected chi connectivity index (χ1v) is 3.24. The van der Waals surface area contributed by atoms with E-state index in [1.54, 1.807) is 0 Å². The zero-order valence-corrected chi connectivity index (χ0v) is 6.36. The lowest BCUT2D eigenvalue weighted by atomic mass is 10.3. The van der Waals surface area contributed by atoms with Crippen LogP contribution in [0, 0.1) is 5.21 Å². The summed E-state index contributed by atoms with van der Waals surface area (Å²) in [5.74, 6) is 0. The number of aromatic nitrogens is 1. The third kappa shape index (κ3) is 1.79. The summed E-state index contributed by atoms with van der Waals surface area (Å²) < 4.78 is 36.2. The van der Waals surface area contributed by atoms with Crippen molar-refractivity contribution in [2.24, 2.45) is 0 Å². The first-order valence-electron chi connectivity index (χ1n) is 2.87. The Hall–Kier alpha value is -0.970. The number of rotatable bonds is 0. The van der Waals surface area contributed by atoms with E-state index in [1.807, 2.05) is 0 Å². The molecule has 0 radical (unpaired) electrons. The van der Waals surface area contributed by atoms with E-state index < -0.39 is 16.8 Å². The fraction of sp³-hybridized carbons (Fsp3) is 0.167. The van der Waals surface area contributed by atoms with Gasteiger partial charge in [-0.3, -0.25) is 0 Å². The number of alkyl halides is 3. The lowest BCUT2D eigenvalue weighted by Gasteiger charge is -2.06. The molecular weight excluding hydrogens is 195 g/mol. The average Bonchev–Trinajstić information content (AvgIpc) is 1.83. The summed E-state index contributed by atoms with van der Waals surface area (Å²) in [5, 5.41) is 9.84. The summed E-state index contributed by atoms with van der Waals surface area (Å²) in [4.78, 5) is 0. The lowest BCUT2D eigenvalue weighted by Crippen LogP contribution is -2.25. The summed E-state index contributed by atoms with van der Waals surface area (Å²) in [6, 6.07) is 0.634. The smallest absolute Gasteiger partial charge is 0.418 e. The highest BCUT2D eigenvalue weighted by Gasteiger charge is 2.34. The van der Waals surface area contributed by atoms with Crippen molar-refractivity contribution in [1.29, 1.82) is 0 Å². The van der Waals surface area contributed by atoms with Crippen LogP contribution in [0.25, 0.3) is 0 Å². The molecule has 0 aromatic carbocycles. The molecule has 1 heterocycles. The molecule has 0 aliphatic carbocycles. The molecule has 12 heavy (non-hydrogen) atoms. The van der Waals surface area contributed by atoms with Crippen molar-refractivity contribution in [3.05, 3.63) is 34.3 Å². The molecule has 0 N–H and O–H groups in total. The maximum atomic E-state index is 12.0. The van der Waals surface area contributed by atoms with Gasteiger partial charge in [0, 0.05) is 6.07 Å². The minimum absolute atomic E-state index is 0.206. The SMILES string of the molecule is [O-][n+]1ccc(C(F)(F)F)c(Cl)c1. The van der Waals surface area contributed by atoms with Crippen LogP contribution in [0.15, 0.2) is 18.5 Å². The van der Waals surface area contributed by atoms with Gasteiger partial charge in [0.15, 0.2) is 12.4 Å². The molecule has 0 saturated carbocycles. The topological polar surface area (TPSA) is 26.9 Å². The van der Waals surface area contributed by atoms with Crippen molar-refractivity contribution < 1.29 is 17.9 Å². The highest BCUT2D eigenvalue weighted by atomic mass is 35.5. The van der Waals surface area contributed by atoms with Crippen LogP contribution in [0.1, 0.15) is 5.56 Å².